The van der Waals surface area contributed by atoms with Crippen molar-refractivity contribution >= 4 is 21.8 Å². The Kier molecular flexibility index (Phi) is 2.46. The van der Waals surface area contributed by atoms with Crippen LogP contribution in [0.5, 0.6) is 0 Å². The van der Waals surface area contributed by atoms with Gasteiger partial charge >= 0.3 is 0 Å². The number of fused-ring (bicyclic) bond motifs is 2. The molecule has 0 saturated heterocycles. The minimum Gasteiger partial charge on any atom is -0.256 e. The molecule has 20 heavy (non-hydrogen) atoms. The van der Waals surface area contributed by atoms with Crippen molar-refractivity contribution in [3.8, 4) is 11.3 Å². The molecule has 0 aliphatic carbocycles. The Labute approximate surface area is 116 Å². The average molecular weight is 255 g/mol. The summed E-state index contributed by atoms with van der Waals surface area (Å²) >= 11 is 0. The maximum atomic E-state index is 4.74. The lowest BCUT2D eigenvalue weighted by Gasteiger charge is -2.06. The van der Waals surface area contributed by atoms with Crippen LogP contribution >= 0.6 is 0 Å². The largest absolute Gasteiger partial charge is 0.256 e. The highest BCUT2D eigenvalue weighted by molar-refractivity contribution is 5.94. The van der Waals surface area contributed by atoms with Gasteiger partial charge in [-0.3, -0.25) is 4.98 Å². The van der Waals surface area contributed by atoms with Gasteiger partial charge in [0.25, 0.3) is 0 Å². The molecule has 0 atom stereocenters. The molecule has 0 unspecified atom stereocenters. The molecule has 2 aromatic heterocycles. The van der Waals surface area contributed by atoms with Crippen LogP contribution in [0.3, 0.4) is 0 Å². The van der Waals surface area contributed by atoms with Crippen LogP contribution in [0, 0.1) is 6.07 Å². The fourth-order valence-electron chi connectivity index (χ4n) is 2.47. The standard InChI is InChI=1S/C18H11N2/c1-3-7-16-13(5-1)9-10-18(20-16)15-11-12-19-17-8-4-2-6-14(15)17/h1-4,6-12H. The summed E-state index contributed by atoms with van der Waals surface area (Å²) in [6, 6.07) is 23.3. The number of pyridine rings is 2. The van der Waals surface area contributed by atoms with Crippen molar-refractivity contribution in [2.45, 2.75) is 0 Å². The second-order valence-electron chi connectivity index (χ2n) is 4.68. The van der Waals surface area contributed by atoms with E-state index in [2.05, 4.69) is 23.2 Å². The van der Waals surface area contributed by atoms with Crippen LogP contribution < -0.4 is 0 Å². The Morgan fingerprint density at radius 1 is 0.800 bits per heavy atom. The highest BCUT2D eigenvalue weighted by Gasteiger charge is 2.06. The summed E-state index contributed by atoms with van der Waals surface area (Å²) in [5.41, 5.74) is 4.04. The topological polar surface area (TPSA) is 25.8 Å². The third kappa shape index (κ3) is 1.74. The molecule has 2 heteroatoms. The molecule has 1 radical (unpaired) electrons. The first-order valence-corrected chi connectivity index (χ1v) is 6.53. The van der Waals surface area contributed by atoms with Gasteiger partial charge < -0.3 is 0 Å². The van der Waals surface area contributed by atoms with E-state index in [0.717, 1.165) is 33.1 Å². The Morgan fingerprint density at radius 2 is 1.70 bits per heavy atom. The summed E-state index contributed by atoms with van der Waals surface area (Å²) in [5, 5.41) is 2.16. The predicted octanol–water partition coefficient (Wildman–Crippen LogP) is 4.25. The Morgan fingerprint density at radius 3 is 2.70 bits per heavy atom. The molecule has 0 aliphatic rings. The van der Waals surface area contributed by atoms with Gasteiger partial charge in [-0.15, -0.1) is 0 Å². The zero-order valence-corrected chi connectivity index (χ0v) is 10.7. The average Bonchev–Trinajstić information content (AvgIpc) is 2.54. The normalized spacial score (nSPS) is 11.0. The lowest BCUT2D eigenvalue weighted by molar-refractivity contribution is 1.37. The first-order chi connectivity index (χ1) is 9.92. The van der Waals surface area contributed by atoms with Crippen LogP contribution in [0.25, 0.3) is 33.1 Å². The number of nitrogens with zero attached hydrogens (tertiary/aromatic N) is 2. The third-order valence-corrected chi connectivity index (χ3v) is 3.44. The smallest absolute Gasteiger partial charge is 0.0717 e. The lowest BCUT2D eigenvalue weighted by atomic mass is 10.0. The second kappa shape index (κ2) is 4.42. The van der Waals surface area contributed by atoms with Crippen molar-refractivity contribution in [1.29, 1.82) is 0 Å². The molecule has 2 aromatic carbocycles. The van der Waals surface area contributed by atoms with Crippen LogP contribution in [-0.4, -0.2) is 9.97 Å². The van der Waals surface area contributed by atoms with Gasteiger partial charge in [0.05, 0.1) is 16.7 Å². The molecule has 0 fully saturated rings. The van der Waals surface area contributed by atoms with Crippen LogP contribution in [0.2, 0.25) is 0 Å². The number of rotatable bonds is 1. The van der Waals surface area contributed by atoms with Gasteiger partial charge in [0, 0.05) is 22.5 Å². The molecule has 0 bridgehead atoms. The molecule has 93 valence electrons. The number of benzene rings is 2. The van der Waals surface area contributed by atoms with E-state index in [1.54, 1.807) is 0 Å². The van der Waals surface area contributed by atoms with Gasteiger partial charge in [-0.1, -0.05) is 36.4 Å². The molecule has 2 nitrogen and oxygen atoms in total. The SMILES string of the molecule is [c]1cccc2nc(-c3ccnc4ccccc34)ccc12. The van der Waals surface area contributed by atoms with Gasteiger partial charge in [0.2, 0.25) is 0 Å². The monoisotopic (exact) mass is 255 g/mol. The van der Waals surface area contributed by atoms with Crippen molar-refractivity contribution in [3.63, 3.8) is 0 Å². The van der Waals surface area contributed by atoms with Crippen molar-refractivity contribution in [3.05, 3.63) is 72.9 Å². The number of aromatic nitrogens is 2. The molecular formula is C18H11N2. The fraction of sp³-hybridized carbons (Fsp3) is 0. The summed E-state index contributed by atoms with van der Waals surface area (Å²) in [5.74, 6) is 0. The number of hydrogen-bond donors (Lipinski definition) is 0. The maximum absolute atomic E-state index is 4.74. The zero-order chi connectivity index (χ0) is 13.4. The zero-order valence-electron chi connectivity index (χ0n) is 10.7. The highest BCUT2D eigenvalue weighted by Crippen LogP contribution is 2.27. The van der Waals surface area contributed by atoms with Crippen molar-refractivity contribution in [2.24, 2.45) is 0 Å². The van der Waals surface area contributed by atoms with Crippen LogP contribution in [-0.2, 0) is 0 Å². The quantitative estimate of drug-likeness (QED) is 0.508. The molecular weight excluding hydrogens is 244 g/mol. The number of hydrogen-bond acceptors (Lipinski definition) is 2. The second-order valence-corrected chi connectivity index (χ2v) is 4.68. The van der Waals surface area contributed by atoms with E-state index in [0.29, 0.717) is 0 Å². The molecule has 2 heterocycles. The minimum absolute atomic E-state index is 0.964. The Hall–Kier alpha value is -2.74. The Bertz CT molecular complexity index is 908. The molecule has 4 rings (SSSR count). The molecule has 0 spiro atoms. The van der Waals surface area contributed by atoms with Crippen LogP contribution in [0.15, 0.2) is 66.9 Å². The predicted molar refractivity (Wildman–Crippen MR) is 81.3 cm³/mol. The molecule has 0 saturated carbocycles. The van der Waals surface area contributed by atoms with Gasteiger partial charge in [0.15, 0.2) is 0 Å². The molecule has 0 aliphatic heterocycles. The highest BCUT2D eigenvalue weighted by atomic mass is 14.7. The van der Waals surface area contributed by atoms with Crippen molar-refractivity contribution in [2.75, 3.05) is 0 Å². The summed E-state index contributed by atoms with van der Waals surface area (Å²) in [6.07, 6.45) is 1.83. The van der Waals surface area contributed by atoms with Crippen LogP contribution in [0.1, 0.15) is 0 Å². The van der Waals surface area contributed by atoms with Crippen molar-refractivity contribution < 1.29 is 0 Å². The van der Waals surface area contributed by atoms with Gasteiger partial charge in [0.1, 0.15) is 0 Å². The maximum Gasteiger partial charge on any atom is 0.0717 e. The summed E-state index contributed by atoms with van der Waals surface area (Å²) < 4.78 is 0. The fourth-order valence-corrected chi connectivity index (χ4v) is 2.47. The summed E-state index contributed by atoms with van der Waals surface area (Å²) in [6.45, 7) is 0. The number of para-hydroxylation sites is 1. The van der Waals surface area contributed by atoms with E-state index in [-0.39, 0.29) is 0 Å². The summed E-state index contributed by atoms with van der Waals surface area (Å²) in [4.78, 5) is 9.13. The van der Waals surface area contributed by atoms with E-state index in [9.17, 15) is 0 Å². The van der Waals surface area contributed by atoms with Gasteiger partial charge in [-0.2, -0.15) is 0 Å². The first-order valence-electron chi connectivity index (χ1n) is 6.53. The van der Waals surface area contributed by atoms with E-state index in [1.807, 2.05) is 54.7 Å². The van der Waals surface area contributed by atoms with Gasteiger partial charge in [-0.05, 0) is 30.3 Å². The third-order valence-electron chi connectivity index (χ3n) is 3.44. The molecule has 0 amide bonds. The first kappa shape index (κ1) is 11.1. The molecule has 4 aromatic rings. The van der Waals surface area contributed by atoms with Crippen LogP contribution in [0.4, 0.5) is 0 Å². The van der Waals surface area contributed by atoms with Crippen molar-refractivity contribution in [1.82, 2.24) is 9.97 Å². The van der Waals surface area contributed by atoms with E-state index in [1.165, 1.54) is 0 Å². The minimum atomic E-state index is 0.964. The lowest BCUT2D eigenvalue weighted by Crippen LogP contribution is -1.88. The Balaban J connectivity index is 2.01. The van der Waals surface area contributed by atoms with E-state index in [4.69, 9.17) is 4.98 Å². The van der Waals surface area contributed by atoms with E-state index >= 15 is 0 Å². The summed E-state index contributed by atoms with van der Waals surface area (Å²) in [7, 11) is 0. The molecule has 0 N–H and O–H groups in total. The van der Waals surface area contributed by atoms with Gasteiger partial charge in [-0.25, -0.2) is 4.98 Å². The van der Waals surface area contributed by atoms with E-state index < -0.39 is 0 Å².